The molecular weight excluding hydrogens is 138 g/mol. The van der Waals surface area contributed by atoms with Gasteiger partial charge in [0.05, 0.1) is 0 Å². The lowest BCUT2D eigenvalue weighted by Gasteiger charge is -2.19. The molecule has 11 heavy (non-hydrogen) atoms. The van der Waals surface area contributed by atoms with Crippen LogP contribution >= 0.6 is 0 Å². The van der Waals surface area contributed by atoms with Crippen LogP contribution in [0.5, 0.6) is 0 Å². The molecule has 68 valence electrons. The van der Waals surface area contributed by atoms with Crippen LogP contribution in [0.4, 0.5) is 0 Å². The van der Waals surface area contributed by atoms with Gasteiger partial charge in [-0.3, -0.25) is 0 Å². The Hall–Kier alpha value is -0.0800. The molecule has 0 amide bonds. The van der Waals surface area contributed by atoms with Crippen LogP contribution in [0.15, 0.2) is 0 Å². The Morgan fingerprint density at radius 1 is 1.36 bits per heavy atom. The van der Waals surface area contributed by atoms with Crippen molar-refractivity contribution in [2.24, 2.45) is 5.92 Å². The molecular formula is C9H21NO. The minimum atomic E-state index is 0.599. The second kappa shape index (κ2) is 6.62. The van der Waals surface area contributed by atoms with Crippen molar-refractivity contribution >= 4 is 0 Å². The monoisotopic (exact) mass is 159 g/mol. The largest absolute Gasteiger partial charge is 0.382 e. The highest BCUT2D eigenvalue weighted by molar-refractivity contribution is 4.67. The van der Waals surface area contributed by atoms with Gasteiger partial charge in [0, 0.05) is 19.3 Å². The zero-order valence-corrected chi connectivity index (χ0v) is 8.18. The van der Waals surface area contributed by atoms with E-state index in [1.165, 1.54) is 0 Å². The zero-order chi connectivity index (χ0) is 8.69. The second-order valence-corrected chi connectivity index (χ2v) is 3.12. The van der Waals surface area contributed by atoms with E-state index in [0.29, 0.717) is 12.0 Å². The quantitative estimate of drug-likeness (QED) is 0.595. The average Bonchev–Trinajstić information content (AvgIpc) is 1.97. The van der Waals surface area contributed by atoms with E-state index < -0.39 is 0 Å². The molecule has 0 rings (SSSR count). The minimum Gasteiger partial charge on any atom is -0.382 e. The Morgan fingerprint density at radius 3 is 2.36 bits per heavy atom. The van der Waals surface area contributed by atoms with Gasteiger partial charge >= 0.3 is 0 Å². The fourth-order valence-corrected chi connectivity index (χ4v) is 1.17. The van der Waals surface area contributed by atoms with Crippen molar-refractivity contribution in [2.45, 2.75) is 33.2 Å². The van der Waals surface area contributed by atoms with E-state index >= 15 is 0 Å². The lowest BCUT2D eigenvalue weighted by Crippen LogP contribution is -2.31. The molecule has 1 unspecified atom stereocenters. The third-order valence-electron chi connectivity index (χ3n) is 1.95. The van der Waals surface area contributed by atoms with Gasteiger partial charge in [0.1, 0.15) is 0 Å². The van der Waals surface area contributed by atoms with Crippen LogP contribution in [0.3, 0.4) is 0 Å². The standard InChI is InChI=1S/C9H21NO/c1-5-11-7-6-9(10-4)8(2)3/h8-10H,5-7H2,1-4H3. The number of ether oxygens (including phenoxy) is 1. The molecule has 0 saturated carbocycles. The molecule has 0 aromatic rings. The summed E-state index contributed by atoms with van der Waals surface area (Å²) in [5.74, 6) is 0.695. The smallest absolute Gasteiger partial charge is 0.0480 e. The van der Waals surface area contributed by atoms with Gasteiger partial charge in [-0.05, 0) is 26.3 Å². The first-order valence-corrected chi connectivity index (χ1v) is 4.47. The van der Waals surface area contributed by atoms with E-state index in [-0.39, 0.29) is 0 Å². The molecule has 0 aromatic heterocycles. The molecule has 0 heterocycles. The van der Waals surface area contributed by atoms with Gasteiger partial charge in [-0.2, -0.15) is 0 Å². The maximum absolute atomic E-state index is 5.28. The van der Waals surface area contributed by atoms with E-state index in [4.69, 9.17) is 4.74 Å². The van der Waals surface area contributed by atoms with Gasteiger partial charge in [0.2, 0.25) is 0 Å². The van der Waals surface area contributed by atoms with Crippen molar-refractivity contribution in [3.05, 3.63) is 0 Å². The first kappa shape index (κ1) is 10.9. The molecule has 1 atom stereocenters. The number of nitrogens with one attached hydrogen (secondary N) is 1. The molecule has 0 fully saturated rings. The topological polar surface area (TPSA) is 21.3 Å². The predicted molar refractivity (Wildman–Crippen MR) is 48.8 cm³/mol. The highest BCUT2D eigenvalue weighted by atomic mass is 16.5. The van der Waals surface area contributed by atoms with Crippen LogP contribution < -0.4 is 5.32 Å². The summed E-state index contributed by atoms with van der Waals surface area (Å²) in [5.41, 5.74) is 0. The highest BCUT2D eigenvalue weighted by Gasteiger charge is 2.09. The van der Waals surface area contributed by atoms with E-state index in [2.05, 4.69) is 19.2 Å². The summed E-state index contributed by atoms with van der Waals surface area (Å²) < 4.78 is 5.28. The lowest BCUT2D eigenvalue weighted by atomic mass is 10.0. The van der Waals surface area contributed by atoms with Crippen LogP contribution in [0, 0.1) is 5.92 Å². The van der Waals surface area contributed by atoms with E-state index in [9.17, 15) is 0 Å². The first-order chi connectivity index (χ1) is 5.22. The molecule has 2 nitrogen and oxygen atoms in total. The third kappa shape index (κ3) is 5.22. The molecule has 0 spiro atoms. The number of hydrogen-bond donors (Lipinski definition) is 1. The van der Waals surface area contributed by atoms with Crippen molar-refractivity contribution < 1.29 is 4.74 Å². The van der Waals surface area contributed by atoms with Crippen molar-refractivity contribution in [1.82, 2.24) is 5.32 Å². The summed E-state index contributed by atoms with van der Waals surface area (Å²) >= 11 is 0. The Bertz CT molecular complexity index is 83.6. The molecule has 0 aliphatic rings. The van der Waals surface area contributed by atoms with Crippen molar-refractivity contribution in [3.63, 3.8) is 0 Å². The maximum atomic E-state index is 5.28. The van der Waals surface area contributed by atoms with Gasteiger partial charge in [0.25, 0.3) is 0 Å². The SMILES string of the molecule is CCOCCC(NC)C(C)C. The van der Waals surface area contributed by atoms with E-state index in [0.717, 1.165) is 19.6 Å². The summed E-state index contributed by atoms with van der Waals surface area (Å²) in [4.78, 5) is 0. The van der Waals surface area contributed by atoms with Crippen LogP contribution in [0.25, 0.3) is 0 Å². The van der Waals surface area contributed by atoms with Gasteiger partial charge in [-0.15, -0.1) is 0 Å². The molecule has 0 aliphatic carbocycles. The Labute approximate surface area is 70.3 Å². The molecule has 0 aromatic carbocycles. The van der Waals surface area contributed by atoms with Gasteiger partial charge < -0.3 is 10.1 Å². The summed E-state index contributed by atoms with van der Waals surface area (Å²) in [6.45, 7) is 8.19. The van der Waals surface area contributed by atoms with Crippen LogP contribution in [-0.4, -0.2) is 26.3 Å². The van der Waals surface area contributed by atoms with Gasteiger partial charge in [-0.25, -0.2) is 0 Å². The van der Waals surface area contributed by atoms with Crippen LogP contribution in [0.2, 0.25) is 0 Å². The fraction of sp³-hybridized carbons (Fsp3) is 1.00. The van der Waals surface area contributed by atoms with Gasteiger partial charge in [-0.1, -0.05) is 13.8 Å². The lowest BCUT2D eigenvalue weighted by molar-refractivity contribution is 0.132. The normalized spacial score (nSPS) is 13.9. The van der Waals surface area contributed by atoms with Crippen LogP contribution in [0.1, 0.15) is 27.2 Å². The molecule has 2 heteroatoms. The van der Waals surface area contributed by atoms with Crippen molar-refractivity contribution in [2.75, 3.05) is 20.3 Å². The number of rotatable bonds is 6. The predicted octanol–water partition coefficient (Wildman–Crippen LogP) is 1.66. The molecule has 0 radical (unpaired) electrons. The van der Waals surface area contributed by atoms with E-state index in [1.54, 1.807) is 0 Å². The Balaban J connectivity index is 3.36. The average molecular weight is 159 g/mol. The molecule has 0 saturated heterocycles. The molecule has 1 N–H and O–H groups in total. The summed E-state index contributed by atoms with van der Waals surface area (Å²) in [6, 6.07) is 0.599. The molecule has 0 bridgehead atoms. The van der Waals surface area contributed by atoms with E-state index in [1.807, 2.05) is 14.0 Å². The zero-order valence-electron chi connectivity index (χ0n) is 8.18. The van der Waals surface area contributed by atoms with Crippen LogP contribution in [-0.2, 0) is 4.74 Å². The molecule has 0 aliphatic heterocycles. The van der Waals surface area contributed by atoms with Gasteiger partial charge in [0.15, 0.2) is 0 Å². The fourth-order valence-electron chi connectivity index (χ4n) is 1.17. The first-order valence-electron chi connectivity index (χ1n) is 4.47. The number of hydrogen-bond acceptors (Lipinski definition) is 2. The van der Waals surface area contributed by atoms with Crippen molar-refractivity contribution in [1.29, 1.82) is 0 Å². The summed E-state index contributed by atoms with van der Waals surface area (Å²) in [7, 11) is 2.01. The third-order valence-corrected chi connectivity index (χ3v) is 1.95. The summed E-state index contributed by atoms with van der Waals surface area (Å²) in [6.07, 6.45) is 1.11. The van der Waals surface area contributed by atoms with Crippen molar-refractivity contribution in [3.8, 4) is 0 Å². The minimum absolute atomic E-state index is 0.599. The Morgan fingerprint density at radius 2 is 2.00 bits per heavy atom. The maximum Gasteiger partial charge on any atom is 0.0480 e. The Kier molecular flexibility index (Phi) is 6.57. The highest BCUT2D eigenvalue weighted by Crippen LogP contribution is 2.04. The second-order valence-electron chi connectivity index (χ2n) is 3.12. The summed E-state index contributed by atoms with van der Waals surface area (Å²) in [5, 5.41) is 3.28.